The van der Waals surface area contributed by atoms with Crippen LogP contribution >= 0.6 is 35.6 Å². The van der Waals surface area contributed by atoms with E-state index in [4.69, 9.17) is 28.6 Å². The van der Waals surface area contributed by atoms with E-state index in [0.717, 1.165) is 11.8 Å². The first kappa shape index (κ1) is 17.7. The number of ether oxygens (including phenoxy) is 1. The molecule has 0 aromatic heterocycles. The van der Waals surface area contributed by atoms with Gasteiger partial charge in [0.15, 0.2) is 15.8 Å². The number of benzene rings is 2. The summed E-state index contributed by atoms with van der Waals surface area (Å²) in [6.45, 7) is 0. The Kier molecular flexibility index (Phi) is 4.99. The SMILES string of the molecule is COc1cc(/C=C2\SC(=S)N(c3ccc(F)c(Cl)c3)C2=O)ccc1O. The van der Waals surface area contributed by atoms with E-state index in [1.54, 1.807) is 18.2 Å². The molecule has 128 valence electrons. The van der Waals surface area contributed by atoms with Gasteiger partial charge in [-0.25, -0.2) is 4.39 Å². The Hall–Kier alpha value is -2.09. The number of hydrogen-bond donors (Lipinski definition) is 1. The lowest BCUT2D eigenvalue weighted by molar-refractivity contribution is -0.113. The van der Waals surface area contributed by atoms with Crippen LogP contribution in [-0.2, 0) is 4.79 Å². The highest BCUT2D eigenvalue weighted by molar-refractivity contribution is 8.27. The van der Waals surface area contributed by atoms with Crippen molar-refractivity contribution < 1.29 is 19.0 Å². The molecule has 0 saturated carbocycles. The molecule has 0 bridgehead atoms. The summed E-state index contributed by atoms with van der Waals surface area (Å²) < 4.78 is 18.7. The second kappa shape index (κ2) is 7.03. The molecular formula is C17H11ClFNO3S2. The van der Waals surface area contributed by atoms with Gasteiger partial charge in [-0.15, -0.1) is 0 Å². The van der Waals surface area contributed by atoms with E-state index in [1.165, 1.54) is 36.3 Å². The van der Waals surface area contributed by atoms with Gasteiger partial charge in [0.2, 0.25) is 0 Å². The number of nitrogens with zero attached hydrogens (tertiary/aromatic N) is 1. The highest BCUT2D eigenvalue weighted by Crippen LogP contribution is 2.37. The molecule has 0 atom stereocenters. The van der Waals surface area contributed by atoms with Gasteiger partial charge in [0.25, 0.3) is 5.91 Å². The number of carbonyl (C=O) groups is 1. The Labute approximate surface area is 157 Å². The maximum absolute atomic E-state index is 13.3. The third-order valence-electron chi connectivity index (χ3n) is 3.46. The zero-order valence-corrected chi connectivity index (χ0v) is 15.2. The molecule has 0 radical (unpaired) electrons. The van der Waals surface area contributed by atoms with E-state index in [0.29, 0.717) is 26.2 Å². The van der Waals surface area contributed by atoms with Crippen LogP contribution in [0.4, 0.5) is 10.1 Å². The number of rotatable bonds is 3. The number of methoxy groups -OCH3 is 1. The summed E-state index contributed by atoms with van der Waals surface area (Å²) in [6, 6.07) is 8.72. The molecule has 1 heterocycles. The third-order valence-corrected chi connectivity index (χ3v) is 5.05. The third kappa shape index (κ3) is 3.49. The van der Waals surface area contributed by atoms with Crippen LogP contribution in [0.5, 0.6) is 11.5 Å². The van der Waals surface area contributed by atoms with Crippen molar-refractivity contribution in [3.05, 3.63) is 57.7 Å². The minimum Gasteiger partial charge on any atom is -0.504 e. The first-order chi connectivity index (χ1) is 11.9. The molecule has 1 fully saturated rings. The van der Waals surface area contributed by atoms with Gasteiger partial charge < -0.3 is 9.84 Å². The lowest BCUT2D eigenvalue weighted by Crippen LogP contribution is -2.27. The van der Waals surface area contributed by atoms with Crippen LogP contribution in [0.25, 0.3) is 6.08 Å². The van der Waals surface area contributed by atoms with Crippen molar-refractivity contribution in [2.45, 2.75) is 0 Å². The van der Waals surface area contributed by atoms with Crippen molar-refractivity contribution in [2.75, 3.05) is 12.0 Å². The molecule has 2 aromatic rings. The molecule has 3 rings (SSSR count). The Morgan fingerprint density at radius 3 is 2.76 bits per heavy atom. The van der Waals surface area contributed by atoms with E-state index in [-0.39, 0.29) is 16.7 Å². The predicted octanol–water partition coefficient (Wildman–Crippen LogP) is 4.60. The molecule has 1 amide bonds. The molecule has 2 aromatic carbocycles. The van der Waals surface area contributed by atoms with Crippen LogP contribution in [0.3, 0.4) is 0 Å². The maximum Gasteiger partial charge on any atom is 0.270 e. The Morgan fingerprint density at radius 1 is 1.32 bits per heavy atom. The van der Waals surface area contributed by atoms with Crippen LogP contribution in [0, 0.1) is 5.82 Å². The summed E-state index contributed by atoms with van der Waals surface area (Å²) in [5, 5.41) is 9.55. The van der Waals surface area contributed by atoms with E-state index >= 15 is 0 Å². The van der Waals surface area contributed by atoms with Crippen molar-refractivity contribution in [2.24, 2.45) is 0 Å². The molecule has 1 N–H and O–H groups in total. The number of phenols is 1. The van der Waals surface area contributed by atoms with Crippen molar-refractivity contribution in [1.82, 2.24) is 0 Å². The summed E-state index contributed by atoms with van der Waals surface area (Å²) in [5.41, 5.74) is 1.08. The van der Waals surface area contributed by atoms with Gasteiger partial charge >= 0.3 is 0 Å². The van der Waals surface area contributed by atoms with E-state index in [1.807, 2.05) is 0 Å². The van der Waals surface area contributed by atoms with Gasteiger partial charge in [0, 0.05) is 0 Å². The quantitative estimate of drug-likeness (QED) is 0.608. The lowest BCUT2D eigenvalue weighted by atomic mass is 10.2. The number of anilines is 1. The minimum atomic E-state index is -0.567. The number of phenolic OH excluding ortho intramolecular Hbond substituents is 1. The van der Waals surface area contributed by atoms with E-state index in [2.05, 4.69) is 0 Å². The average Bonchev–Trinajstić information content (AvgIpc) is 2.86. The number of aromatic hydroxyl groups is 1. The molecular weight excluding hydrogens is 385 g/mol. The molecule has 4 nitrogen and oxygen atoms in total. The predicted molar refractivity (Wildman–Crippen MR) is 102 cm³/mol. The van der Waals surface area contributed by atoms with Crippen LogP contribution in [0.2, 0.25) is 5.02 Å². The van der Waals surface area contributed by atoms with Crippen molar-refractivity contribution in [1.29, 1.82) is 0 Å². The first-order valence-electron chi connectivity index (χ1n) is 7.00. The number of thiocarbonyl (C=S) groups is 1. The van der Waals surface area contributed by atoms with Crippen LogP contribution in [0.1, 0.15) is 5.56 Å². The van der Waals surface area contributed by atoms with Crippen molar-refractivity contribution in [3.8, 4) is 11.5 Å². The summed E-state index contributed by atoms with van der Waals surface area (Å²) in [7, 11) is 1.44. The van der Waals surface area contributed by atoms with Crippen LogP contribution < -0.4 is 9.64 Å². The first-order valence-corrected chi connectivity index (χ1v) is 8.61. The largest absolute Gasteiger partial charge is 0.504 e. The summed E-state index contributed by atoms with van der Waals surface area (Å²) in [6.07, 6.45) is 1.65. The normalized spacial score (nSPS) is 16.0. The second-order valence-electron chi connectivity index (χ2n) is 5.05. The van der Waals surface area contributed by atoms with Gasteiger partial charge in [-0.1, -0.05) is 41.6 Å². The summed E-state index contributed by atoms with van der Waals surface area (Å²) >= 11 is 12.2. The molecule has 0 unspecified atom stereocenters. The van der Waals surface area contributed by atoms with Gasteiger partial charge in [-0.3, -0.25) is 9.69 Å². The summed E-state index contributed by atoms with van der Waals surface area (Å²) in [4.78, 5) is 14.4. The highest BCUT2D eigenvalue weighted by atomic mass is 35.5. The number of hydrogen-bond acceptors (Lipinski definition) is 5. The Morgan fingerprint density at radius 2 is 2.08 bits per heavy atom. The Balaban J connectivity index is 1.94. The smallest absolute Gasteiger partial charge is 0.270 e. The van der Waals surface area contributed by atoms with Gasteiger partial charge in [-0.2, -0.15) is 0 Å². The topological polar surface area (TPSA) is 49.8 Å². The number of amides is 1. The zero-order chi connectivity index (χ0) is 18.1. The fourth-order valence-electron chi connectivity index (χ4n) is 2.25. The molecule has 0 spiro atoms. The van der Waals surface area contributed by atoms with Crippen molar-refractivity contribution >= 4 is 57.6 Å². The second-order valence-corrected chi connectivity index (χ2v) is 7.13. The van der Waals surface area contributed by atoms with Gasteiger partial charge in [-0.05, 0) is 42.0 Å². The molecule has 1 aliphatic rings. The fraction of sp³-hybridized carbons (Fsp3) is 0.0588. The summed E-state index contributed by atoms with van der Waals surface area (Å²) in [5.74, 6) is -0.588. The number of halogens is 2. The molecule has 8 heteroatoms. The molecule has 25 heavy (non-hydrogen) atoms. The monoisotopic (exact) mass is 395 g/mol. The number of carbonyl (C=O) groups excluding carboxylic acids is 1. The van der Waals surface area contributed by atoms with Gasteiger partial charge in [0.1, 0.15) is 5.82 Å². The lowest BCUT2D eigenvalue weighted by Gasteiger charge is -2.14. The molecule has 1 aliphatic heterocycles. The number of thioether (sulfide) groups is 1. The molecule has 1 saturated heterocycles. The Bertz CT molecular complexity index is 917. The molecule has 0 aliphatic carbocycles. The van der Waals surface area contributed by atoms with Gasteiger partial charge in [0.05, 0.1) is 22.7 Å². The fourth-order valence-corrected chi connectivity index (χ4v) is 3.72. The van der Waals surface area contributed by atoms with E-state index < -0.39 is 5.82 Å². The highest BCUT2D eigenvalue weighted by Gasteiger charge is 2.33. The van der Waals surface area contributed by atoms with Crippen LogP contribution in [0.15, 0.2) is 41.3 Å². The van der Waals surface area contributed by atoms with Crippen LogP contribution in [-0.4, -0.2) is 22.4 Å². The zero-order valence-electron chi connectivity index (χ0n) is 12.8. The van der Waals surface area contributed by atoms with E-state index in [9.17, 15) is 14.3 Å². The maximum atomic E-state index is 13.3. The average molecular weight is 396 g/mol. The standard InChI is InChI=1S/C17H11ClFNO3S2/c1-23-14-6-9(2-5-13(14)21)7-15-16(22)20(17(24)25-15)10-3-4-12(19)11(18)8-10/h2-8,21H,1H3/b15-7-. The minimum absolute atomic E-state index is 0.00755. The van der Waals surface area contributed by atoms with Crippen molar-refractivity contribution in [3.63, 3.8) is 0 Å².